The zero-order valence-electron chi connectivity index (χ0n) is 27.5. The number of hydrogen-bond donors (Lipinski definition) is 6. The molecule has 0 aliphatic heterocycles. The van der Waals surface area contributed by atoms with Gasteiger partial charge in [-0.1, -0.05) is 6.58 Å². The van der Waals surface area contributed by atoms with Gasteiger partial charge in [-0.2, -0.15) is 0 Å². The predicted octanol–water partition coefficient (Wildman–Crippen LogP) is 3.76. The van der Waals surface area contributed by atoms with Gasteiger partial charge in [0.2, 0.25) is 0 Å². The van der Waals surface area contributed by atoms with Crippen LogP contribution < -0.4 is 26.6 Å². The molecule has 0 unspecified atom stereocenters. The van der Waals surface area contributed by atoms with Gasteiger partial charge in [0.15, 0.2) is 0 Å². The SMILES string of the molecule is C=C(Br)C(=O)Nc1cc(C(=O)Nc2cc(C(=O)Nc3cc(C(=O)Nc4cc(C(=O)NCCc5ncc[nH]5)n(C)c4)n(C)c3)n(C)c2)n(C)c1.Cl. The van der Waals surface area contributed by atoms with Gasteiger partial charge < -0.3 is 49.8 Å². The Bertz CT molecular complexity index is 2090. The van der Waals surface area contributed by atoms with Gasteiger partial charge in [-0.3, -0.25) is 24.0 Å². The number of halogens is 2. The van der Waals surface area contributed by atoms with Crippen LogP contribution in [0.5, 0.6) is 0 Å². The van der Waals surface area contributed by atoms with Crippen LogP contribution in [0.25, 0.3) is 0 Å². The second-order valence-electron chi connectivity index (χ2n) is 11.2. The number of carbonyl (C=O) groups excluding carboxylic acids is 5. The van der Waals surface area contributed by atoms with Crippen LogP contribution in [0.3, 0.4) is 0 Å². The molecule has 0 atom stereocenters. The minimum Gasteiger partial charge on any atom is -0.350 e. The molecule has 0 radical (unpaired) electrons. The summed E-state index contributed by atoms with van der Waals surface area (Å²) in [4.78, 5) is 71.0. The lowest BCUT2D eigenvalue weighted by Gasteiger charge is -2.04. The molecule has 5 aromatic rings. The van der Waals surface area contributed by atoms with E-state index in [0.29, 0.717) is 41.4 Å². The average molecular weight is 769 g/mol. The summed E-state index contributed by atoms with van der Waals surface area (Å²) < 4.78 is 6.44. The van der Waals surface area contributed by atoms with Gasteiger partial charge in [0.1, 0.15) is 28.6 Å². The van der Waals surface area contributed by atoms with Crippen molar-refractivity contribution in [3.63, 3.8) is 0 Å². The van der Waals surface area contributed by atoms with Gasteiger partial charge in [0, 0.05) is 78.3 Å². The molecule has 5 amide bonds. The molecule has 5 heterocycles. The highest BCUT2D eigenvalue weighted by molar-refractivity contribution is 9.12. The molecule has 16 nitrogen and oxygen atoms in total. The molecule has 18 heteroatoms. The molecule has 0 aliphatic rings. The van der Waals surface area contributed by atoms with Gasteiger partial charge in [-0.15, -0.1) is 12.4 Å². The summed E-state index contributed by atoms with van der Waals surface area (Å²) in [7, 11) is 6.69. The van der Waals surface area contributed by atoms with Crippen molar-refractivity contribution >= 4 is 80.6 Å². The molecule has 0 saturated carbocycles. The van der Waals surface area contributed by atoms with E-state index in [9.17, 15) is 24.0 Å². The zero-order valence-corrected chi connectivity index (χ0v) is 29.9. The first-order valence-electron chi connectivity index (χ1n) is 14.8. The minimum absolute atomic E-state index is 0. The van der Waals surface area contributed by atoms with Gasteiger partial charge in [-0.25, -0.2) is 4.98 Å². The number of aryl methyl sites for hydroxylation is 4. The lowest BCUT2D eigenvalue weighted by molar-refractivity contribution is -0.112. The summed E-state index contributed by atoms with van der Waals surface area (Å²) >= 11 is 3.02. The lowest BCUT2D eigenvalue weighted by atomic mass is 10.3. The Kier molecular flexibility index (Phi) is 11.6. The van der Waals surface area contributed by atoms with Crippen LogP contribution in [0.4, 0.5) is 22.7 Å². The Morgan fingerprint density at radius 1 is 0.680 bits per heavy atom. The highest BCUT2D eigenvalue weighted by Gasteiger charge is 2.20. The number of rotatable bonds is 12. The molecule has 0 saturated heterocycles. The predicted molar refractivity (Wildman–Crippen MR) is 194 cm³/mol. The molecule has 0 spiro atoms. The standard InChI is InChI=1S/C32H34BrN11O5.ClH/c1-18(33)28(45)37-19-11-24(42(3)14-19)30(47)39-21-13-26(44(5)16-21)32(49)40-22-12-25(43(4)17-22)31(48)38-20-10-23(41(2)15-20)29(46)36-7-6-27-34-8-9-35-27;/h8-17H,1,6-7H2,2-5H3,(H,34,35)(H,36,46)(H,37,45)(H,38,48)(H,39,47)(H,40,49);1H. The fourth-order valence-electron chi connectivity index (χ4n) is 5.04. The third-order valence-electron chi connectivity index (χ3n) is 7.43. The van der Waals surface area contributed by atoms with Crippen molar-refractivity contribution in [2.75, 3.05) is 27.8 Å². The van der Waals surface area contributed by atoms with Crippen molar-refractivity contribution in [3.05, 3.63) is 101 Å². The van der Waals surface area contributed by atoms with Crippen molar-refractivity contribution in [1.82, 2.24) is 33.6 Å². The first-order chi connectivity index (χ1) is 23.3. The number of anilines is 4. The quantitative estimate of drug-likeness (QED) is 0.105. The smallest absolute Gasteiger partial charge is 0.272 e. The first kappa shape index (κ1) is 37.0. The van der Waals surface area contributed by atoms with E-state index in [4.69, 9.17) is 0 Å². The van der Waals surface area contributed by atoms with Gasteiger partial charge >= 0.3 is 0 Å². The Morgan fingerprint density at radius 2 is 1.06 bits per heavy atom. The Balaban J connectivity index is 0.00000562. The minimum atomic E-state index is -0.467. The number of carbonyl (C=O) groups is 5. The summed E-state index contributed by atoms with van der Waals surface area (Å²) in [5, 5.41) is 13.8. The second kappa shape index (κ2) is 15.6. The first-order valence-corrected chi connectivity index (χ1v) is 15.6. The van der Waals surface area contributed by atoms with Crippen LogP contribution in [0.15, 0.2) is 72.5 Å². The molecular weight excluding hydrogens is 734 g/mol. The van der Waals surface area contributed by atoms with E-state index in [1.165, 1.54) is 18.2 Å². The Labute approximate surface area is 300 Å². The number of H-pyrrole nitrogens is 1. The number of imidazole rings is 1. The Morgan fingerprint density at radius 3 is 1.42 bits per heavy atom. The van der Waals surface area contributed by atoms with Crippen LogP contribution in [0.1, 0.15) is 47.8 Å². The molecule has 5 aromatic heterocycles. The van der Waals surface area contributed by atoms with Crippen molar-refractivity contribution < 1.29 is 24.0 Å². The maximum Gasteiger partial charge on any atom is 0.272 e. The third kappa shape index (κ3) is 8.61. The van der Waals surface area contributed by atoms with Crippen LogP contribution in [-0.4, -0.2) is 64.3 Å². The summed E-state index contributed by atoms with van der Waals surface area (Å²) in [6, 6.07) is 6.14. The number of nitrogens with zero attached hydrogens (tertiary/aromatic N) is 5. The Hall–Kier alpha value is -5.81. The average Bonchev–Trinajstić information content (AvgIpc) is 3.86. The highest BCUT2D eigenvalue weighted by Crippen LogP contribution is 2.21. The molecule has 50 heavy (non-hydrogen) atoms. The summed E-state index contributed by atoms with van der Waals surface area (Å²) in [5.41, 5.74) is 2.75. The topological polar surface area (TPSA) is 194 Å². The molecule has 6 N–H and O–H groups in total. The van der Waals surface area contributed by atoms with Gasteiger partial charge in [0.25, 0.3) is 29.5 Å². The van der Waals surface area contributed by atoms with Crippen molar-refractivity contribution in [2.45, 2.75) is 6.42 Å². The van der Waals surface area contributed by atoms with E-state index in [-0.39, 0.29) is 39.9 Å². The lowest BCUT2D eigenvalue weighted by Crippen LogP contribution is -2.27. The van der Waals surface area contributed by atoms with Gasteiger partial charge in [-0.05, 0) is 40.2 Å². The van der Waals surface area contributed by atoms with Gasteiger partial charge in [0.05, 0.1) is 27.2 Å². The fraction of sp³-hybridized carbons (Fsp3) is 0.188. The van der Waals surface area contributed by atoms with E-state index in [0.717, 1.165) is 5.82 Å². The van der Waals surface area contributed by atoms with Crippen molar-refractivity contribution in [1.29, 1.82) is 0 Å². The molecular formula is C32H35BrClN11O5. The maximum absolute atomic E-state index is 13.2. The van der Waals surface area contributed by atoms with Crippen LogP contribution >= 0.6 is 28.3 Å². The number of amides is 5. The summed E-state index contributed by atoms with van der Waals surface area (Å²) in [6.45, 7) is 3.91. The number of hydrogen-bond acceptors (Lipinski definition) is 6. The number of aromatic nitrogens is 6. The van der Waals surface area contributed by atoms with E-state index in [1.807, 2.05) is 0 Å². The molecule has 0 fully saturated rings. The zero-order chi connectivity index (χ0) is 35.4. The van der Waals surface area contributed by atoms with Crippen molar-refractivity contribution in [3.8, 4) is 0 Å². The monoisotopic (exact) mass is 767 g/mol. The number of aromatic amines is 1. The molecule has 262 valence electrons. The summed E-state index contributed by atoms with van der Waals surface area (Å²) in [6.07, 6.45) is 10.3. The number of nitrogens with one attached hydrogen (secondary N) is 6. The second-order valence-corrected chi connectivity index (χ2v) is 12.1. The molecule has 5 rings (SSSR count). The fourth-order valence-corrected chi connectivity index (χ4v) is 5.14. The largest absolute Gasteiger partial charge is 0.350 e. The molecule has 0 aliphatic carbocycles. The normalized spacial score (nSPS) is 10.6. The summed E-state index contributed by atoms with van der Waals surface area (Å²) in [5.74, 6) is -1.33. The van der Waals surface area contributed by atoms with E-state index in [1.54, 1.807) is 89.7 Å². The molecule has 0 bridgehead atoms. The highest BCUT2D eigenvalue weighted by atomic mass is 79.9. The molecule has 0 aromatic carbocycles. The third-order valence-corrected chi connectivity index (χ3v) is 7.79. The van der Waals surface area contributed by atoms with Crippen LogP contribution in [0, 0.1) is 0 Å². The van der Waals surface area contributed by atoms with E-state index >= 15 is 0 Å². The van der Waals surface area contributed by atoms with E-state index in [2.05, 4.69) is 59.1 Å². The maximum atomic E-state index is 13.2. The van der Waals surface area contributed by atoms with Crippen molar-refractivity contribution in [2.24, 2.45) is 28.2 Å². The van der Waals surface area contributed by atoms with E-state index < -0.39 is 23.6 Å². The van der Waals surface area contributed by atoms with Crippen LogP contribution in [-0.2, 0) is 39.4 Å². The van der Waals surface area contributed by atoms with Crippen LogP contribution in [0.2, 0.25) is 0 Å².